The molecule has 7 heteroatoms. The smallest absolute Gasteiger partial charge is 0.148 e. The van der Waals surface area contributed by atoms with Gasteiger partial charge >= 0.3 is 0 Å². The van der Waals surface area contributed by atoms with Gasteiger partial charge < -0.3 is 11.5 Å². The lowest BCUT2D eigenvalue weighted by atomic mass is 10.1. The summed E-state index contributed by atoms with van der Waals surface area (Å²) in [7, 11) is 0. The van der Waals surface area contributed by atoms with Gasteiger partial charge in [0, 0.05) is 24.3 Å². The zero-order valence-corrected chi connectivity index (χ0v) is 10.1. The van der Waals surface area contributed by atoms with E-state index in [0.29, 0.717) is 10.6 Å². The third-order valence-corrected chi connectivity index (χ3v) is 2.66. The van der Waals surface area contributed by atoms with E-state index in [4.69, 9.17) is 46.3 Å². The summed E-state index contributed by atoms with van der Waals surface area (Å²) in [4.78, 5) is 3.76. The molecule has 0 aliphatic carbocycles. The Bertz CT molecular complexity index is 318. The number of aromatic nitrogens is 1. The van der Waals surface area contributed by atoms with Gasteiger partial charge in [0.2, 0.25) is 0 Å². The number of halogens is 4. The van der Waals surface area contributed by atoms with Crippen LogP contribution in [-0.4, -0.2) is 11.5 Å². The van der Waals surface area contributed by atoms with Crippen LogP contribution >= 0.6 is 47.2 Å². The molecule has 14 heavy (non-hydrogen) atoms. The maximum absolute atomic E-state index is 5.86. The van der Waals surface area contributed by atoms with Crippen molar-refractivity contribution in [2.45, 2.75) is 6.04 Å². The Morgan fingerprint density at radius 3 is 2.43 bits per heavy atom. The van der Waals surface area contributed by atoms with Gasteiger partial charge in [-0.25, -0.2) is 4.98 Å². The van der Waals surface area contributed by atoms with Gasteiger partial charge in [-0.3, -0.25) is 0 Å². The number of pyridine rings is 1. The first kappa shape index (κ1) is 14.2. The van der Waals surface area contributed by atoms with Crippen LogP contribution in [0.1, 0.15) is 11.6 Å². The molecule has 4 N–H and O–H groups in total. The average Bonchev–Trinajstić information content (AvgIpc) is 2.12. The van der Waals surface area contributed by atoms with E-state index >= 15 is 0 Å². The quantitative estimate of drug-likeness (QED) is 0.816. The van der Waals surface area contributed by atoms with Crippen molar-refractivity contribution in [1.29, 1.82) is 0 Å². The summed E-state index contributed by atoms with van der Waals surface area (Å²) < 4.78 is 0. The predicted molar refractivity (Wildman–Crippen MR) is 62.5 cm³/mol. The van der Waals surface area contributed by atoms with E-state index in [9.17, 15) is 0 Å². The minimum absolute atomic E-state index is 0. The molecule has 3 nitrogen and oxygen atoms in total. The summed E-state index contributed by atoms with van der Waals surface area (Å²) in [5, 5.41) is 0.837. The molecule has 0 spiro atoms. The Hall–Kier alpha value is 0.230. The molecule has 1 atom stereocenters. The van der Waals surface area contributed by atoms with Crippen molar-refractivity contribution >= 4 is 47.2 Å². The highest BCUT2D eigenvalue weighted by Gasteiger charge is 2.15. The molecule has 0 aliphatic heterocycles. The molecule has 1 aromatic heterocycles. The molecule has 0 aliphatic rings. The maximum atomic E-state index is 5.86. The lowest BCUT2D eigenvalue weighted by molar-refractivity contribution is 0.736. The van der Waals surface area contributed by atoms with E-state index < -0.39 is 6.04 Å². The second kappa shape index (κ2) is 5.95. The largest absolute Gasteiger partial charge is 0.329 e. The molecule has 1 rings (SSSR count). The van der Waals surface area contributed by atoms with Crippen molar-refractivity contribution in [3.63, 3.8) is 0 Å². The number of hydrogen-bond donors (Lipinski definition) is 2. The van der Waals surface area contributed by atoms with Crippen molar-refractivity contribution in [1.82, 2.24) is 4.98 Å². The summed E-state index contributed by atoms with van der Waals surface area (Å²) in [6.45, 7) is 0.250. The summed E-state index contributed by atoms with van der Waals surface area (Å²) in [6.07, 6.45) is 1.40. The Morgan fingerprint density at radius 1 is 1.36 bits per heavy atom. The van der Waals surface area contributed by atoms with Gasteiger partial charge in [-0.15, -0.1) is 12.4 Å². The molecular weight excluding hydrogens is 268 g/mol. The van der Waals surface area contributed by atoms with Gasteiger partial charge in [0.25, 0.3) is 0 Å². The number of nitrogens with two attached hydrogens (primary N) is 2. The fourth-order valence-electron chi connectivity index (χ4n) is 0.913. The van der Waals surface area contributed by atoms with E-state index in [-0.39, 0.29) is 29.1 Å². The Balaban J connectivity index is 0.00000169. The van der Waals surface area contributed by atoms with Crippen LogP contribution < -0.4 is 11.5 Å². The van der Waals surface area contributed by atoms with Crippen LogP contribution in [0.15, 0.2) is 6.20 Å². The van der Waals surface area contributed by atoms with Crippen LogP contribution in [0, 0.1) is 0 Å². The standard InChI is InChI=1S/C7H8Cl3N3.ClH/c8-3-2-13-7(10)6(9)5(3)4(12)1-11;/h2,4H,1,11-12H2;1H/t4-;/m0./s1. The normalized spacial score (nSPS) is 12.1. The van der Waals surface area contributed by atoms with E-state index in [1.165, 1.54) is 6.20 Å². The summed E-state index contributed by atoms with van der Waals surface area (Å²) in [5.41, 5.74) is 11.6. The van der Waals surface area contributed by atoms with Crippen LogP contribution in [0.2, 0.25) is 15.2 Å². The molecule has 0 bridgehead atoms. The monoisotopic (exact) mass is 275 g/mol. The topological polar surface area (TPSA) is 64.9 Å². The highest BCUT2D eigenvalue weighted by atomic mass is 35.5. The first-order valence-corrected chi connectivity index (χ1v) is 4.66. The molecule has 0 amide bonds. The second-order valence-corrected chi connectivity index (χ2v) is 3.61. The number of nitrogens with zero attached hydrogens (tertiary/aromatic N) is 1. The minimum atomic E-state index is -0.416. The predicted octanol–water partition coefficient (Wildman–Crippen LogP) is 2.42. The van der Waals surface area contributed by atoms with Gasteiger partial charge in [-0.2, -0.15) is 0 Å². The third kappa shape index (κ3) is 2.86. The van der Waals surface area contributed by atoms with Crippen LogP contribution in [0.5, 0.6) is 0 Å². The van der Waals surface area contributed by atoms with Gasteiger partial charge in [-0.05, 0) is 0 Å². The second-order valence-electron chi connectivity index (χ2n) is 2.47. The SMILES string of the molecule is Cl.NC[C@H](N)c1c(Cl)cnc(Cl)c1Cl. The van der Waals surface area contributed by atoms with Gasteiger partial charge in [-0.1, -0.05) is 34.8 Å². The molecule has 1 heterocycles. The Labute approximate surface area is 103 Å². The van der Waals surface area contributed by atoms with Crippen molar-refractivity contribution in [2.24, 2.45) is 11.5 Å². The highest BCUT2D eigenvalue weighted by molar-refractivity contribution is 6.43. The van der Waals surface area contributed by atoms with Gasteiger partial charge in [0.1, 0.15) is 5.15 Å². The third-order valence-electron chi connectivity index (χ3n) is 1.59. The molecular formula is C7H9Cl4N3. The minimum Gasteiger partial charge on any atom is -0.329 e. The van der Waals surface area contributed by atoms with Crippen LogP contribution in [-0.2, 0) is 0 Å². The number of rotatable bonds is 2. The molecule has 0 unspecified atom stereocenters. The van der Waals surface area contributed by atoms with Crippen molar-refractivity contribution in [2.75, 3.05) is 6.54 Å². The van der Waals surface area contributed by atoms with E-state index in [2.05, 4.69) is 4.98 Å². The fraction of sp³-hybridized carbons (Fsp3) is 0.286. The molecule has 0 aromatic carbocycles. The average molecular weight is 277 g/mol. The first-order chi connectivity index (χ1) is 6.07. The van der Waals surface area contributed by atoms with E-state index in [1.807, 2.05) is 0 Å². The summed E-state index contributed by atoms with van der Waals surface area (Å²) >= 11 is 17.4. The molecule has 0 fully saturated rings. The lowest BCUT2D eigenvalue weighted by Gasteiger charge is -2.13. The van der Waals surface area contributed by atoms with Crippen molar-refractivity contribution in [3.8, 4) is 0 Å². The molecule has 0 radical (unpaired) electrons. The summed E-state index contributed by atoms with van der Waals surface area (Å²) in [6, 6.07) is -0.416. The maximum Gasteiger partial charge on any atom is 0.148 e. The zero-order valence-electron chi connectivity index (χ0n) is 7.01. The fourth-order valence-corrected chi connectivity index (χ4v) is 1.69. The summed E-state index contributed by atoms with van der Waals surface area (Å²) in [5.74, 6) is 0. The van der Waals surface area contributed by atoms with Crippen molar-refractivity contribution < 1.29 is 0 Å². The van der Waals surface area contributed by atoms with Crippen LogP contribution in [0.25, 0.3) is 0 Å². The Morgan fingerprint density at radius 2 is 1.93 bits per heavy atom. The van der Waals surface area contributed by atoms with Gasteiger partial charge in [0.05, 0.1) is 10.0 Å². The number of hydrogen-bond acceptors (Lipinski definition) is 3. The molecule has 0 saturated carbocycles. The Kier molecular flexibility index (Phi) is 6.05. The zero-order chi connectivity index (χ0) is 10.0. The van der Waals surface area contributed by atoms with Crippen LogP contribution in [0.4, 0.5) is 0 Å². The molecule has 0 saturated heterocycles. The first-order valence-electron chi connectivity index (χ1n) is 3.53. The van der Waals surface area contributed by atoms with Crippen LogP contribution in [0.3, 0.4) is 0 Å². The molecule has 80 valence electrons. The lowest BCUT2D eigenvalue weighted by Crippen LogP contribution is -2.21. The van der Waals surface area contributed by atoms with Gasteiger partial charge in [0.15, 0.2) is 0 Å². The van der Waals surface area contributed by atoms with Crippen molar-refractivity contribution in [3.05, 3.63) is 27.0 Å². The highest BCUT2D eigenvalue weighted by Crippen LogP contribution is 2.32. The van der Waals surface area contributed by atoms with E-state index in [0.717, 1.165) is 0 Å². The van der Waals surface area contributed by atoms with E-state index in [1.54, 1.807) is 0 Å². The molecule has 1 aromatic rings.